The summed E-state index contributed by atoms with van der Waals surface area (Å²) in [6.07, 6.45) is 2.32. The van der Waals surface area contributed by atoms with Gasteiger partial charge < -0.3 is 4.74 Å². The number of benzene rings is 1. The van der Waals surface area contributed by atoms with Crippen LogP contribution in [0.3, 0.4) is 0 Å². The predicted molar refractivity (Wildman–Crippen MR) is 98.6 cm³/mol. The number of esters is 1. The van der Waals surface area contributed by atoms with Crippen molar-refractivity contribution in [3.8, 4) is 11.8 Å². The summed E-state index contributed by atoms with van der Waals surface area (Å²) in [7, 11) is 1.18. The predicted octanol–water partition coefficient (Wildman–Crippen LogP) is 1.28. The van der Waals surface area contributed by atoms with Gasteiger partial charge in [-0.15, -0.1) is 0 Å². The summed E-state index contributed by atoms with van der Waals surface area (Å²) in [6, 6.07) is 10.1. The Bertz CT molecular complexity index is 962. The molecule has 0 bridgehead atoms. The van der Waals surface area contributed by atoms with Crippen molar-refractivity contribution in [1.29, 1.82) is 5.26 Å². The lowest BCUT2D eigenvalue weighted by molar-refractivity contribution is -0.147. The molecule has 1 aromatic heterocycles. The fraction of sp³-hybridized carbons (Fsp3) is 0.316. The number of unbranched alkanes of at least 4 members (excludes halogenated alkanes) is 1. The molecule has 1 amide bonds. The molecule has 1 heterocycles. The van der Waals surface area contributed by atoms with Gasteiger partial charge in [0.15, 0.2) is 12.3 Å². The second kappa shape index (κ2) is 9.99. The molecule has 2 rings (SSSR count). The average Bonchev–Trinajstić information content (AvgIpc) is 2.71. The van der Waals surface area contributed by atoms with Crippen LogP contribution in [0.15, 0.2) is 35.1 Å². The van der Waals surface area contributed by atoms with Gasteiger partial charge in [0.1, 0.15) is 0 Å². The average molecular weight is 384 g/mol. The Morgan fingerprint density at radius 1 is 1.32 bits per heavy atom. The molecule has 0 aliphatic heterocycles. The van der Waals surface area contributed by atoms with Crippen LogP contribution >= 0.6 is 0 Å². The van der Waals surface area contributed by atoms with Gasteiger partial charge in [-0.3, -0.25) is 14.4 Å². The molecule has 0 aliphatic carbocycles. The van der Waals surface area contributed by atoms with Gasteiger partial charge in [0.25, 0.3) is 5.91 Å². The number of hydrogen-bond donors (Lipinski definition) is 1. The van der Waals surface area contributed by atoms with Crippen molar-refractivity contribution in [2.75, 3.05) is 13.7 Å². The number of carbonyl (C=O) groups excluding carboxylic acids is 2. The number of amides is 1. The smallest absolute Gasteiger partial charge is 0.334 e. The zero-order valence-corrected chi connectivity index (χ0v) is 15.6. The number of hydrogen-bond acceptors (Lipinski definition) is 7. The fourth-order valence-electron chi connectivity index (χ4n) is 2.39. The maximum Gasteiger partial charge on any atom is 0.334 e. The van der Waals surface area contributed by atoms with E-state index < -0.39 is 29.6 Å². The third kappa shape index (κ3) is 5.25. The van der Waals surface area contributed by atoms with Gasteiger partial charge in [0.2, 0.25) is 5.43 Å². The normalized spacial score (nSPS) is 10.2. The van der Waals surface area contributed by atoms with E-state index in [0.29, 0.717) is 23.4 Å². The summed E-state index contributed by atoms with van der Waals surface area (Å²) in [5.74, 6) is -1.57. The van der Waals surface area contributed by atoms with Crippen molar-refractivity contribution >= 4 is 11.9 Å². The largest absolute Gasteiger partial charge is 0.467 e. The minimum atomic E-state index is -0.888. The Kier molecular flexibility index (Phi) is 7.42. The lowest BCUT2D eigenvalue weighted by atomic mass is 10.1. The maximum absolute atomic E-state index is 12.4. The van der Waals surface area contributed by atoms with E-state index in [-0.39, 0.29) is 0 Å². The number of ether oxygens (including phenoxy) is 1. The first kappa shape index (κ1) is 20.8. The van der Waals surface area contributed by atoms with Gasteiger partial charge in [-0.2, -0.15) is 10.4 Å². The van der Waals surface area contributed by atoms with E-state index in [1.165, 1.54) is 17.9 Å². The Morgan fingerprint density at radius 2 is 2.11 bits per heavy atom. The molecule has 9 nitrogen and oxygen atoms in total. The standard InChI is InChI=1S/C19H20N4O5/c1-3-4-7-15-10-16(24)18(19(26)22-28-12-17(25)27-2)21-23(15)14-8-5-6-13(9-14)11-20/h5-6,8-10H,3-4,7,12H2,1-2H3,(H,22,26). The second-order valence-corrected chi connectivity index (χ2v) is 5.82. The zero-order chi connectivity index (χ0) is 20.5. The molecule has 0 unspecified atom stereocenters. The molecular weight excluding hydrogens is 364 g/mol. The number of carbonyl (C=O) groups is 2. The Hall–Kier alpha value is -3.51. The molecule has 28 heavy (non-hydrogen) atoms. The van der Waals surface area contributed by atoms with E-state index >= 15 is 0 Å². The molecule has 1 aromatic carbocycles. The van der Waals surface area contributed by atoms with Crippen molar-refractivity contribution in [1.82, 2.24) is 15.3 Å². The molecule has 0 saturated heterocycles. The van der Waals surface area contributed by atoms with Crippen LogP contribution in [0.25, 0.3) is 5.69 Å². The molecule has 9 heteroatoms. The molecule has 2 aromatic rings. The van der Waals surface area contributed by atoms with Gasteiger partial charge >= 0.3 is 5.97 Å². The number of nitrogens with zero attached hydrogens (tertiary/aromatic N) is 3. The summed E-state index contributed by atoms with van der Waals surface area (Å²) < 4.78 is 5.86. The van der Waals surface area contributed by atoms with E-state index in [0.717, 1.165) is 12.8 Å². The van der Waals surface area contributed by atoms with E-state index in [1.54, 1.807) is 24.3 Å². The topological polar surface area (TPSA) is 123 Å². The molecular formula is C19H20N4O5. The highest BCUT2D eigenvalue weighted by Gasteiger charge is 2.17. The first-order chi connectivity index (χ1) is 13.5. The van der Waals surface area contributed by atoms with Crippen molar-refractivity contribution in [3.05, 3.63) is 57.5 Å². The van der Waals surface area contributed by atoms with Gasteiger partial charge in [-0.1, -0.05) is 19.4 Å². The highest BCUT2D eigenvalue weighted by Crippen LogP contribution is 2.13. The van der Waals surface area contributed by atoms with Gasteiger partial charge in [0, 0.05) is 11.8 Å². The number of nitriles is 1. The summed E-state index contributed by atoms with van der Waals surface area (Å²) in [5.41, 5.74) is 2.63. The molecule has 0 aliphatic rings. The Balaban J connectivity index is 2.40. The molecule has 0 atom stereocenters. The molecule has 146 valence electrons. The van der Waals surface area contributed by atoms with E-state index in [2.05, 4.69) is 9.84 Å². The Morgan fingerprint density at radius 3 is 2.79 bits per heavy atom. The fourth-order valence-corrected chi connectivity index (χ4v) is 2.39. The summed E-state index contributed by atoms with van der Waals surface area (Å²) >= 11 is 0. The van der Waals surface area contributed by atoms with Crippen LogP contribution in [0.4, 0.5) is 0 Å². The van der Waals surface area contributed by atoms with Crippen LogP contribution < -0.4 is 10.9 Å². The quantitative estimate of drug-likeness (QED) is 0.537. The van der Waals surface area contributed by atoms with Crippen LogP contribution in [0.2, 0.25) is 0 Å². The van der Waals surface area contributed by atoms with Crippen LogP contribution in [0.1, 0.15) is 41.5 Å². The van der Waals surface area contributed by atoms with Gasteiger partial charge in [-0.05, 0) is 31.0 Å². The zero-order valence-electron chi connectivity index (χ0n) is 15.6. The van der Waals surface area contributed by atoms with Gasteiger partial charge in [-0.25, -0.2) is 15.0 Å². The molecule has 1 N–H and O–H groups in total. The molecule has 0 fully saturated rings. The minimum Gasteiger partial charge on any atom is -0.467 e. The van der Waals surface area contributed by atoms with Crippen molar-refractivity contribution in [2.24, 2.45) is 0 Å². The third-order valence-electron chi connectivity index (χ3n) is 3.81. The Labute approximate surface area is 161 Å². The first-order valence-electron chi connectivity index (χ1n) is 8.62. The van der Waals surface area contributed by atoms with Crippen molar-refractivity contribution in [3.63, 3.8) is 0 Å². The first-order valence-corrected chi connectivity index (χ1v) is 8.62. The summed E-state index contributed by atoms with van der Waals surface area (Å²) in [6.45, 7) is 1.52. The molecule has 0 saturated carbocycles. The van der Waals surface area contributed by atoms with E-state index in [4.69, 9.17) is 10.1 Å². The van der Waals surface area contributed by atoms with E-state index in [1.807, 2.05) is 18.5 Å². The number of aryl methyl sites for hydroxylation is 1. The number of methoxy groups -OCH3 is 1. The minimum absolute atomic E-state index is 0.396. The van der Waals surface area contributed by atoms with Crippen LogP contribution in [-0.2, 0) is 20.8 Å². The lowest BCUT2D eigenvalue weighted by Crippen LogP contribution is -2.33. The monoisotopic (exact) mass is 384 g/mol. The molecule has 0 spiro atoms. The second-order valence-electron chi connectivity index (χ2n) is 5.82. The SMILES string of the molecule is CCCCc1cc(=O)c(C(=O)NOCC(=O)OC)nn1-c1cccc(C#N)c1. The van der Waals surface area contributed by atoms with Gasteiger partial charge in [0.05, 0.1) is 24.4 Å². The number of hydroxylamine groups is 1. The van der Waals surface area contributed by atoms with Crippen molar-refractivity contribution in [2.45, 2.75) is 26.2 Å². The highest BCUT2D eigenvalue weighted by molar-refractivity contribution is 5.91. The number of nitrogens with one attached hydrogen (secondary N) is 1. The summed E-state index contributed by atoms with van der Waals surface area (Å²) in [5, 5.41) is 13.3. The van der Waals surface area contributed by atoms with Crippen molar-refractivity contribution < 1.29 is 19.2 Å². The molecule has 0 radical (unpaired) electrons. The summed E-state index contributed by atoms with van der Waals surface area (Å²) in [4.78, 5) is 40.4. The maximum atomic E-state index is 12.4. The number of aromatic nitrogens is 2. The van der Waals surface area contributed by atoms with Crippen LogP contribution in [0.5, 0.6) is 0 Å². The lowest BCUT2D eigenvalue weighted by Gasteiger charge is -2.14. The highest BCUT2D eigenvalue weighted by atomic mass is 16.7. The number of rotatable bonds is 8. The van der Waals surface area contributed by atoms with Crippen LogP contribution in [-0.4, -0.2) is 35.4 Å². The third-order valence-corrected chi connectivity index (χ3v) is 3.81. The van der Waals surface area contributed by atoms with Crippen LogP contribution in [0, 0.1) is 11.3 Å². The van der Waals surface area contributed by atoms with E-state index in [9.17, 15) is 14.4 Å².